The Morgan fingerprint density at radius 1 is 1.33 bits per heavy atom. The molecule has 0 radical (unpaired) electrons. The van der Waals surface area contributed by atoms with Crippen molar-refractivity contribution in [2.45, 2.75) is 31.8 Å². The molecule has 2 rings (SSSR count). The molecule has 1 unspecified atom stereocenters. The van der Waals surface area contributed by atoms with Crippen molar-refractivity contribution in [1.29, 1.82) is 0 Å². The molecule has 1 aromatic rings. The molecule has 0 aliphatic heterocycles. The van der Waals surface area contributed by atoms with Gasteiger partial charge in [0.05, 0.1) is 13.2 Å². The van der Waals surface area contributed by atoms with Gasteiger partial charge in [-0.1, -0.05) is 6.42 Å². The highest BCUT2D eigenvalue weighted by Gasteiger charge is 2.18. The fourth-order valence-electron chi connectivity index (χ4n) is 2.13. The SMILES string of the molecule is COc1cc2c(cc1O)CCCCC2O. The Morgan fingerprint density at radius 3 is 2.87 bits per heavy atom. The molecule has 3 nitrogen and oxygen atoms in total. The molecule has 0 saturated heterocycles. The van der Waals surface area contributed by atoms with Crippen LogP contribution in [0.2, 0.25) is 0 Å². The maximum absolute atomic E-state index is 9.92. The van der Waals surface area contributed by atoms with Crippen LogP contribution in [-0.4, -0.2) is 17.3 Å². The minimum absolute atomic E-state index is 0.158. The van der Waals surface area contributed by atoms with E-state index in [2.05, 4.69) is 0 Å². The predicted octanol–water partition coefficient (Wildman–Crippen LogP) is 2.16. The minimum atomic E-state index is -0.419. The summed E-state index contributed by atoms with van der Waals surface area (Å²) >= 11 is 0. The van der Waals surface area contributed by atoms with Gasteiger partial charge in [0.15, 0.2) is 11.5 Å². The molecule has 1 aliphatic carbocycles. The molecule has 82 valence electrons. The number of methoxy groups -OCH3 is 1. The summed E-state index contributed by atoms with van der Waals surface area (Å²) in [5, 5.41) is 19.6. The van der Waals surface area contributed by atoms with Crippen LogP contribution in [0.15, 0.2) is 12.1 Å². The lowest BCUT2D eigenvalue weighted by molar-refractivity contribution is 0.166. The third-order valence-electron chi connectivity index (χ3n) is 2.97. The van der Waals surface area contributed by atoms with E-state index in [0.717, 1.165) is 36.8 Å². The van der Waals surface area contributed by atoms with Gasteiger partial charge < -0.3 is 14.9 Å². The van der Waals surface area contributed by atoms with E-state index in [9.17, 15) is 10.2 Å². The number of phenols is 1. The third kappa shape index (κ3) is 1.92. The Kier molecular flexibility index (Phi) is 2.82. The number of fused-ring (bicyclic) bond motifs is 1. The van der Waals surface area contributed by atoms with Gasteiger partial charge in [0.1, 0.15) is 0 Å². The first-order valence-electron chi connectivity index (χ1n) is 5.30. The van der Waals surface area contributed by atoms with Crippen molar-refractivity contribution in [2.75, 3.05) is 7.11 Å². The Bertz CT molecular complexity index is 360. The van der Waals surface area contributed by atoms with Crippen molar-refractivity contribution in [1.82, 2.24) is 0 Å². The second kappa shape index (κ2) is 4.11. The third-order valence-corrected chi connectivity index (χ3v) is 2.97. The van der Waals surface area contributed by atoms with Gasteiger partial charge in [0, 0.05) is 0 Å². The zero-order valence-corrected chi connectivity index (χ0v) is 8.86. The summed E-state index contributed by atoms with van der Waals surface area (Å²) in [7, 11) is 1.52. The summed E-state index contributed by atoms with van der Waals surface area (Å²) in [5.74, 6) is 0.597. The zero-order chi connectivity index (χ0) is 10.8. The molecule has 0 aromatic heterocycles. The smallest absolute Gasteiger partial charge is 0.160 e. The predicted molar refractivity (Wildman–Crippen MR) is 57.2 cm³/mol. The normalized spacial score (nSPS) is 20.5. The fraction of sp³-hybridized carbons (Fsp3) is 0.500. The lowest BCUT2D eigenvalue weighted by Gasteiger charge is -2.14. The molecule has 0 saturated carbocycles. The summed E-state index contributed by atoms with van der Waals surface area (Å²) in [5.41, 5.74) is 1.94. The maximum Gasteiger partial charge on any atom is 0.160 e. The van der Waals surface area contributed by atoms with E-state index in [1.165, 1.54) is 7.11 Å². The van der Waals surface area contributed by atoms with Crippen molar-refractivity contribution in [3.63, 3.8) is 0 Å². The van der Waals surface area contributed by atoms with Crippen LogP contribution >= 0.6 is 0 Å². The van der Waals surface area contributed by atoms with Crippen molar-refractivity contribution in [2.24, 2.45) is 0 Å². The van der Waals surface area contributed by atoms with E-state index < -0.39 is 6.10 Å². The van der Waals surface area contributed by atoms with Crippen LogP contribution < -0.4 is 4.74 Å². The van der Waals surface area contributed by atoms with Gasteiger partial charge >= 0.3 is 0 Å². The van der Waals surface area contributed by atoms with Crippen molar-refractivity contribution in [3.05, 3.63) is 23.3 Å². The summed E-state index contributed by atoms with van der Waals surface area (Å²) in [6.07, 6.45) is 3.39. The molecular weight excluding hydrogens is 192 g/mol. The Labute approximate surface area is 89.3 Å². The van der Waals surface area contributed by atoms with Crippen LogP contribution in [0, 0.1) is 0 Å². The van der Waals surface area contributed by atoms with Gasteiger partial charge in [-0.25, -0.2) is 0 Å². The van der Waals surface area contributed by atoms with Crippen molar-refractivity contribution >= 4 is 0 Å². The van der Waals surface area contributed by atoms with Gasteiger partial charge in [-0.3, -0.25) is 0 Å². The van der Waals surface area contributed by atoms with E-state index in [0.29, 0.717) is 5.75 Å². The molecule has 1 atom stereocenters. The molecule has 15 heavy (non-hydrogen) atoms. The lowest BCUT2D eigenvalue weighted by Crippen LogP contribution is -1.99. The maximum atomic E-state index is 9.92. The first-order chi connectivity index (χ1) is 7.22. The molecular formula is C12H16O3. The molecule has 0 bridgehead atoms. The Morgan fingerprint density at radius 2 is 2.13 bits per heavy atom. The van der Waals surface area contributed by atoms with Crippen molar-refractivity contribution < 1.29 is 14.9 Å². The Balaban J connectivity index is 2.47. The molecule has 0 spiro atoms. The van der Waals surface area contributed by atoms with Crippen LogP contribution in [0.3, 0.4) is 0 Å². The number of hydrogen-bond donors (Lipinski definition) is 2. The minimum Gasteiger partial charge on any atom is -0.504 e. The molecule has 0 heterocycles. The number of hydrogen-bond acceptors (Lipinski definition) is 3. The number of benzene rings is 1. The van der Waals surface area contributed by atoms with E-state index in [1.807, 2.05) is 0 Å². The Hall–Kier alpha value is -1.22. The number of phenolic OH excluding ortho intramolecular Hbond substituents is 1. The van der Waals surface area contributed by atoms with Crippen LogP contribution in [-0.2, 0) is 6.42 Å². The largest absolute Gasteiger partial charge is 0.504 e. The monoisotopic (exact) mass is 208 g/mol. The number of rotatable bonds is 1. The van der Waals surface area contributed by atoms with E-state index in [4.69, 9.17) is 4.74 Å². The summed E-state index contributed by atoms with van der Waals surface area (Å²) < 4.78 is 5.04. The van der Waals surface area contributed by atoms with Gasteiger partial charge in [-0.05, 0) is 42.5 Å². The quantitative estimate of drug-likeness (QED) is 0.695. The second-order valence-corrected chi connectivity index (χ2v) is 3.98. The molecule has 1 aromatic carbocycles. The summed E-state index contributed by atoms with van der Waals surface area (Å²) in [6.45, 7) is 0. The number of aliphatic hydroxyl groups excluding tert-OH is 1. The van der Waals surface area contributed by atoms with Crippen LogP contribution in [0.5, 0.6) is 11.5 Å². The van der Waals surface area contributed by atoms with Gasteiger partial charge in [-0.15, -0.1) is 0 Å². The molecule has 3 heteroatoms. The van der Waals surface area contributed by atoms with Crippen LogP contribution in [0.4, 0.5) is 0 Å². The summed E-state index contributed by atoms with van der Waals surface area (Å²) in [6, 6.07) is 3.46. The molecule has 0 fully saturated rings. The number of ether oxygens (including phenoxy) is 1. The number of aryl methyl sites for hydroxylation is 1. The van der Waals surface area contributed by atoms with Crippen LogP contribution in [0.1, 0.15) is 36.5 Å². The molecule has 0 amide bonds. The highest BCUT2D eigenvalue weighted by molar-refractivity contribution is 5.47. The number of aliphatic hydroxyl groups is 1. The standard InChI is InChI=1S/C12H16O3/c1-15-12-7-9-8(6-11(12)14)4-2-3-5-10(9)13/h6-7,10,13-14H,2-5H2,1H3. The summed E-state index contributed by atoms with van der Waals surface area (Å²) in [4.78, 5) is 0. The molecule has 2 N–H and O–H groups in total. The van der Waals surface area contributed by atoms with Crippen LogP contribution in [0.25, 0.3) is 0 Å². The van der Waals surface area contributed by atoms with E-state index in [1.54, 1.807) is 12.1 Å². The van der Waals surface area contributed by atoms with E-state index >= 15 is 0 Å². The van der Waals surface area contributed by atoms with Gasteiger partial charge in [0.2, 0.25) is 0 Å². The first-order valence-corrected chi connectivity index (χ1v) is 5.30. The highest BCUT2D eigenvalue weighted by atomic mass is 16.5. The highest BCUT2D eigenvalue weighted by Crippen LogP contribution is 2.36. The van der Waals surface area contributed by atoms with E-state index in [-0.39, 0.29) is 5.75 Å². The molecule has 1 aliphatic rings. The average Bonchev–Trinajstić information content (AvgIpc) is 2.40. The van der Waals surface area contributed by atoms with Crippen molar-refractivity contribution in [3.8, 4) is 11.5 Å². The van der Waals surface area contributed by atoms with Gasteiger partial charge in [0.25, 0.3) is 0 Å². The first kappa shape index (κ1) is 10.3. The lowest BCUT2D eigenvalue weighted by atomic mass is 10.0. The second-order valence-electron chi connectivity index (χ2n) is 3.98. The zero-order valence-electron chi connectivity index (χ0n) is 8.86. The average molecular weight is 208 g/mol. The topological polar surface area (TPSA) is 49.7 Å². The number of aromatic hydroxyl groups is 1. The fourth-order valence-corrected chi connectivity index (χ4v) is 2.13. The van der Waals surface area contributed by atoms with Gasteiger partial charge in [-0.2, -0.15) is 0 Å².